The zero-order valence-corrected chi connectivity index (χ0v) is 9.63. The van der Waals surface area contributed by atoms with Crippen LogP contribution in [0, 0.1) is 0 Å². The predicted molar refractivity (Wildman–Crippen MR) is 61.0 cm³/mol. The summed E-state index contributed by atoms with van der Waals surface area (Å²) in [4.78, 5) is 10.5. The molecule has 0 radical (unpaired) electrons. The fourth-order valence-electron chi connectivity index (χ4n) is 1.07. The summed E-state index contributed by atoms with van der Waals surface area (Å²) in [6.45, 7) is 1.45. The highest BCUT2D eigenvalue weighted by Gasteiger charge is 2.29. The van der Waals surface area contributed by atoms with Gasteiger partial charge in [-0.15, -0.1) is 0 Å². The van der Waals surface area contributed by atoms with Crippen LogP contribution >= 0.6 is 0 Å². The molecule has 1 atom stereocenters. The van der Waals surface area contributed by atoms with Gasteiger partial charge in [0.1, 0.15) is 12.4 Å². The topological polar surface area (TPSA) is 76.0 Å². The number of carboxylic acids is 1. The molecule has 0 saturated heterocycles. The van der Waals surface area contributed by atoms with E-state index in [1.807, 2.05) is 30.3 Å². The van der Waals surface area contributed by atoms with Crippen LogP contribution in [-0.4, -0.2) is 41.6 Å². The largest absolute Gasteiger partial charge is 0.491 e. The van der Waals surface area contributed by atoms with Crippen molar-refractivity contribution in [2.24, 2.45) is 0 Å². The summed E-state index contributed by atoms with van der Waals surface area (Å²) in [6.07, 6.45) is 0. The van der Waals surface area contributed by atoms with E-state index in [4.69, 9.17) is 14.6 Å². The molecule has 0 aliphatic carbocycles. The van der Waals surface area contributed by atoms with Gasteiger partial charge in [-0.2, -0.15) is 0 Å². The fourth-order valence-corrected chi connectivity index (χ4v) is 1.07. The molecule has 1 aromatic rings. The van der Waals surface area contributed by atoms with Gasteiger partial charge in [0.25, 0.3) is 0 Å². The molecule has 0 heterocycles. The van der Waals surface area contributed by atoms with Gasteiger partial charge >= 0.3 is 5.97 Å². The highest BCUT2D eigenvalue weighted by atomic mass is 16.5. The van der Waals surface area contributed by atoms with Gasteiger partial charge in [0, 0.05) is 0 Å². The van der Waals surface area contributed by atoms with Crippen LogP contribution in [0.5, 0.6) is 5.75 Å². The van der Waals surface area contributed by atoms with Crippen molar-refractivity contribution in [2.75, 3.05) is 19.8 Å². The van der Waals surface area contributed by atoms with E-state index in [0.29, 0.717) is 6.61 Å². The molecule has 5 heteroatoms. The Morgan fingerprint density at radius 3 is 2.53 bits per heavy atom. The Hall–Kier alpha value is -1.59. The van der Waals surface area contributed by atoms with E-state index in [1.54, 1.807) is 0 Å². The SMILES string of the molecule is CC(O)(COCCOc1ccccc1)C(=O)O. The highest BCUT2D eigenvalue weighted by molar-refractivity contribution is 5.76. The van der Waals surface area contributed by atoms with Gasteiger partial charge in [0.2, 0.25) is 0 Å². The minimum Gasteiger partial charge on any atom is -0.491 e. The standard InChI is InChI=1S/C12H16O5/c1-12(15,11(13)14)9-16-7-8-17-10-5-3-2-4-6-10/h2-6,15H,7-9H2,1H3,(H,13,14). The Kier molecular flexibility index (Phi) is 4.93. The van der Waals surface area contributed by atoms with Crippen LogP contribution in [-0.2, 0) is 9.53 Å². The predicted octanol–water partition coefficient (Wildman–Crippen LogP) is 0.918. The fraction of sp³-hybridized carbons (Fsp3) is 0.417. The van der Waals surface area contributed by atoms with E-state index >= 15 is 0 Å². The van der Waals surface area contributed by atoms with Gasteiger partial charge in [-0.25, -0.2) is 4.79 Å². The smallest absolute Gasteiger partial charge is 0.337 e. The maximum atomic E-state index is 10.5. The van der Waals surface area contributed by atoms with Crippen molar-refractivity contribution in [3.8, 4) is 5.75 Å². The molecule has 1 aromatic carbocycles. The van der Waals surface area contributed by atoms with E-state index in [0.717, 1.165) is 5.75 Å². The molecule has 0 aliphatic rings. The molecule has 0 aromatic heterocycles. The Morgan fingerprint density at radius 1 is 1.29 bits per heavy atom. The molecule has 0 aliphatic heterocycles. The number of aliphatic carboxylic acids is 1. The van der Waals surface area contributed by atoms with E-state index in [2.05, 4.69) is 0 Å². The van der Waals surface area contributed by atoms with Crippen molar-refractivity contribution in [1.29, 1.82) is 0 Å². The van der Waals surface area contributed by atoms with Gasteiger partial charge in [-0.05, 0) is 19.1 Å². The molecule has 0 saturated carbocycles. The number of rotatable bonds is 7. The summed E-state index contributed by atoms with van der Waals surface area (Å²) < 4.78 is 10.4. The van der Waals surface area contributed by atoms with Crippen LogP contribution in [0.4, 0.5) is 0 Å². The van der Waals surface area contributed by atoms with E-state index in [1.165, 1.54) is 6.92 Å². The van der Waals surface area contributed by atoms with Crippen molar-refractivity contribution in [2.45, 2.75) is 12.5 Å². The molecule has 5 nitrogen and oxygen atoms in total. The minimum atomic E-state index is -1.85. The molecule has 94 valence electrons. The summed E-state index contributed by atoms with van der Waals surface area (Å²) >= 11 is 0. The maximum absolute atomic E-state index is 10.5. The third-order valence-corrected chi connectivity index (χ3v) is 2.08. The van der Waals surface area contributed by atoms with Gasteiger partial charge in [0.15, 0.2) is 5.60 Å². The van der Waals surface area contributed by atoms with E-state index in [-0.39, 0.29) is 13.2 Å². The Labute approximate surface area is 99.6 Å². The number of carbonyl (C=O) groups is 1. The van der Waals surface area contributed by atoms with Crippen molar-refractivity contribution in [3.05, 3.63) is 30.3 Å². The summed E-state index contributed by atoms with van der Waals surface area (Å²) in [7, 11) is 0. The van der Waals surface area contributed by atoms with Gasteiger partial charge < -0.3 is 19.7 Å². The van der Waals surface area contributed by atoms with Gasteiger partial charge in [-0.1, -0.05) is 18.2 Å². The van der Waals surface area contributed by atoms with Crippen LogP contribution < -0.4 is 4.74 Å². The molecule has 0 fully saturated rings. The molecule has 1 unspecified atom stereocenters. The average molecular weight is 240 g/mol. The maximum Gasteiger partial charge on any atom is 0.337 e. The zero-order valence-electron chi connectivity index (χ0n) is 9.63. The third kappa shape index (κ3) is 4.84. The summed E-state index contributed by atoms with van der Waals surface area (Å²) in [6, 6.07) is 9.21. The average Bonchev–Trinajstić information content (AvgIpc) is 2.29. The number of hydrogen-bond donors (Lipinski definition) is 2. The highest BCUT2D eigenvalue weighted by Crippen LogP contribution is 2.08. The molecule has 0 bridgehead atoms. The lowest BCUT2D eigenvalue weighted by molar-refractivity contribution is -0.162. The van der Waals surface area contributed by atoms with Gasteiger partial charge in [-0.3, -0.25) is 0 Å². The van der Waals surface area contributed by atoms with Crippen molar-refractivity contribution in [3.63, 3.8) is 0 Å². The Morgan fingerprint density at radius 2 is 1.94 bits per heavy atom. The first-order chi connectivity index (χ1) is 8.02. The quantitative estimate of drug-likeness (QED) is 0.693. The molecule has 2 N–H and O–H groups in total. The number of ether oxygens (including phenoxy) is 2. The summed E-state index contributed by atoms with van der Waals surface area (Å²) in [5, 5.41) is 18.0. The molecule has 0 spiro atoms. The normalized spacial score (nSPS) is 14.0. The number of aliphatic hydroxyl groups is 1. The van der Waals surface area contributed by atoms with Crippen molar-refractivity contribution in [1.82, 2.24) is 0 Å². The van der Waals surface area contributed by atoms with Crippen LogP contribution in [0.3, 0.4) is 0 Å². The van der Waals surface area contributed by atoms with E-state index in [9.17, 15) is 9.90 Å². The summed E-state index contributed by atoms with van der Waals surface area (Å²) in [5.74, 6) is -0.581. The molecular weight excluding hydrogens is 224 g/mol. The zero-order chi connectivity index (χ0) is 12.7. The summed E-state index contributed by atoms with van der Waals surface area (Å²) in [5.41, 5.74) is -1.85. The first kappa shape index (κ1) is 13.5. The van der Waals surface area contributed by atoms with Crippen molar-refractivity contribution >= 4 is 5.97 Å². The lowest BCUT2D eigenvalue weighted by Crippen LogP contribution is -2.40. The number of carboxylic acid groups (broad SMARTS) is 1. The second-order valence-electron chi connectivity index (χ2n) is 3.79. The molecule has 17 heavy (non-hydrogen) atoms. The third-order valence-electron chi connectivity index (χ3n) is 2.08. The lowest BCUT2D eigenvalue weighted by atomic mass is 10.1. The van der Waals surface area contributed by atoms with Crippen LogP contribution in [0.15, 0.2) is 30.3 Å². The van der Waals surface area contributed by atoms with Crippen LogP contribution in [0.2, 0.25) is 0 Å². The molecular formula is C12H16O5. The van der Waals surface area contributed by atoms with Crippen molar-refractivity contribution < 1.29 is 24.5 Å². The first-order valence-electron chi connectivity index (χ1n) is 5.24. The Balaban J connectivity index is 2.15. The van der Waals surface area contributed by atoms with Crippen LogP contribution in [0.25, 0.3) is 0 Å². The second kappa shape index (κ2) is 6.22. The van der Waals surface area contributed by atoms with E-state index < -0.39 is 11.6 Å². The lowest BCUT2D eigenvalue weighted by Gasteiger charge is -2.17. The Bertz CT molecular complexity index is 347. The second-order valence-corrected chi connectivity index (χ2v) is 3.79. The first-order valence-corrected chi connectivity index (χ1v) is 5.24. The monoisotopic (exact) mass is 240 g/mol. The minimum absolute atomic E-state index is 0.221. The number of para-hydroxylation sites is 1. The van der Waals surface area contributed by atoms with Crippen LogP contribution in [0.1, 0.15) is 6.92 Å². The number of benzene rings is 1. The number of hydrogen-bond acceptors (Lipinski definition) is 4. The van der Waals surface area contributed by atoms with Gasteiger partial charge in [0.05, 0.1) is 13.2 Å². The molecule has 0 amide bonds. The molecule has 1 rings (SSSR count).